The van der Waals surface area contributed by atoms with Crippen LogP contribution in [0.5, 0.6) is 0 Å². The van der Waals surface area contributed by atoms with Crippen LogP contribution >= 0.6 is 0 Å². The van der Waals surface area contributed by atoms with Crippen LogP contribution in [0.3, 0.4) is 0 Å². The fraction of sp³-hybridized carbons (Fsp3) is 0.385. The first-order valence-electron chi connectivity index (χ1n) is 6.32. The molecule has 10 heteroatoms. The second-order valence-electron chi connectivity index (χ2n) is 4.81. The van der Waals surface area contributed by atoms with E-state index in [1.54, 1.807) is 0 Å². The van der Waals surface area contributed by atoms with Crippen LogP contribution in [0.2, 0.25) is 0 Å². The summed E-state index contributed by atoms with van der Waals surface area (Å²) in [6, 6.07) is 3.70. The van der Waals surface area contributed by atoms with Crippen molar-refractivity contribution in [2.75, 3.05) is 0 Å². The molecule has 23 heavy (non-hydrogen) atoms. The van der Waals surface area contributed by atoms with Gasteiger partial charge in [0.15, 0.2) is 0 Å². The maximum absolute atomic E-state index is 12.5. The fourth-order valence-corrected chi connectivity index (χ4v) is 2.70. The van der Waals surface area contributed by atoms with Crippen LogP contribution in [0.25, 0.3) is 5.57 Å². The highest BCUT2D eigenvalue weighted by molar-refractivity contribution is 7.87. The van der Waals surface area contributed by atoms with Crippen molar-refractivity contribution >= 4 is 15.7 Å². The summed E-state index contributed by atoms with van der Waals surface area (Å²) in [5, 5.41) is 0. The second-order valence-corrected chi connectivity index (χ2v) is 6.35. The third kappa shape index (κ3) is 3.80. The van der Waals surface area contributed by atoms with E-state index in [9.17, 15) is 34.8 Å². The second kappa shape index (κ2) is 5.73. The number of hydrogen-bond donors (Lipinski definition) is 0. The van der Waals surface area contributed by atoms with Gasteiger partial charge in [0.05, 0.1) is 5.56 Å². The summed E-state index contributed by atoms with van der Waals surface area (Å²) in [6.07, 6.45) is -4.01. The molecule has 0 heterocycles. The van der Waals surface area contributed by atoms with E-state index in [-0.39, 0.29) is 29.7 Å². The SMILES string of the molecule is O=S(=O)(OC1=C(c2ccc(C(F)(F)F)cc2)CCC1)C(F)(F)F. The lowest BCUT2D eigenvalue weighted by molar-refractivity contribution is -0.137. The zero-order chi connectivity index (χ0) is 17.5. The van der Waals surface area contributed by atoms with E-state index < -0.39 is 27.4 Å². The summed E-state index contributed by atoms with van der Waals surface area (Å²) in [4.78, 5) is 0. The molecule has 0 spiro atoms. The molecule has 0 bridgehead atoms. The van der Waals surface area contributed by atoms with E-state index in [0.29, 0.717) is 6.42 Å². The maximum atomic E-state index is 12.5. The summed E-state index contributed by atoms with van der Waals surface area (Å²) in [5.74, 6) is -0.387. The smallest absolute Gasteiger partial charge is 0.380 e. The van der Waals surface area contributed by atoms with E-state index in [4.69, 9.17) is 0 Å². The number of hydrogen-bond acceptors (Lipinski definition) is 3. The minimum Gasteiger partial charge on any atom is -0.380 e. The van der Waals surface area contributed by atoms with Gasteiger partial charge in [-0.25, -0.2) is 0 Å². The van der Waals surface area contributed by atoms with Gasteiger partial charge in [0.2, 0.25) is 0 Å². The minimum atomic E-state index is -5.79. The molecule has 0 aliphatic heterocycles. The van der Waals surface area contributed by atoms with Crippen LogP contribution in [0, 0.1) is 0 Å². The van der Waals surface area contributed by atoms with Gasteiger partial charge in [-0.05, 0) is 36.1 Å². The molecule has 0 saturated heterocycles. The summed E-state index contributed by atoms with van der Waals surface area (Å²) in [7, 11) is -5.79. The molecule has 2 rings (SSSR count). The van der Waals surface area contributed by atoms with Crippen molar-refractivity contribution in [1.29, 1.82) is 0 Å². The Hall–Kier alpha value is -1.71. The predicted molar refractivity (Wildman–Crippen MR) is 68.3 cm³/mol. The third-order valence-electron chi connectivity index (χ3n) is 3.22. The van der Waals surface area contributed by atoms with E-state index in [1.807, 2.05) is 0 Å². The molecule has 0 N–H and O–H groups in total. The van der Waals surface area contributed by atoms with Gasteiger partial charge in [-0.15, -0.1) is 0 Å². The first-order valence-corrected chi connectivity index (χ1v) is 7.73. The fourth-order valence-electron chi connectivity index (χ4n) is 2.15. The minimum absolute atomic E-state index is 0.0360. The van der Waals surface area contributed by atoms with E-state index in [0.717, 1.165) is 24.3 Å². The molecule has 0 radical (unpaired) electrons. The van der Waals surface area contributed by atoms with Gasteiger partial charge >= 0.3 is 21.8 Å². The van der Waals surface area contributed by atoms with Crippen LogP contribution in [0.4, 0.5) is 26.3 Å². The zero-order valence-corrected chi connectivity index (χ0v) is 12.1. The number of allylic oxidation sites excluding steroid dienone is 2. The summed E-state index contributed by atoms with van der Waals surface area (Å²) in [6.45, 7) is 0. The standard InChI is InChI=1S/C13H10F6O3S/c14-12(15,16)9-6-4-8(5-7-9)10-2-1-3-11(10)22-23(20,21)13(17,18)19/h4-7H,1-3H2. The Labute approximate surface area is 127 Å². The molecule has 0 unspecified atom stereocenters. The van der Waals surface area contributed by atoms with E-state index >= 15 is 0 Å². The van der Waals surface area contributed by atoms with Crippen LogP contribution in [0.1, 0.15) is 30.4 Å². The summed E-state index contributed by atoms with van der Waals surface area (Å²) < 4.78 is 101. The Kier molecular flexibility index (Phi) is 4.40. The van der Waals surface area contributed by atoms with Crippen molar-refractivity contribution < 1.29 is 38.9 Å². The topological polar surface area (TPSA) is 43.4 Å². The normalized spacial score (nSPS) is 16.8. The number of alkyl halides is 6. The van der Waals surface area contributed by atoms with Gasteiger partial charge in [0.25, 0.3) is 0 Å². The van der Waals surface area contributed by atoms with Gasteiger partial charge in [-0.2, -0.15) is 34.8 Å². The molecule has 0 aromatic heterocycles. The highest BCUT2D eigenvalue weighted by Crippen LogP contribution is 2.39. The molecule has 1 aliphatic carbocycles. The summed E-state index contributed by atoms with van der Waals surface area (Å²) >= 11 is 0. The van der Waals surface area contributed by atoms with Gasteiger partial charge in [0.1, 0.15) is 5.76 Å². The zero-order valence-electron chi connectivity index (χ0n) is 11.3. The lowest BCUT2D eigenvalue weighted by Gasteiger charge is -2.13. The van der Waals surface area contributed by atoms with Crippen molar-refractivity contribution in [3.63, 3.8) is 0 Å². The highest BCUT2D eigenvalue weighted by atomic mass is 32.2. The molecule has 1 aliphatic rings. The Morgan fingerprint density at radius 1 is 0.913 bits per heavy atom. The Balaban J connectivity index is 2.34. The lowest BCUT2D eigenvalue weighted by atomic mass is 10.0. The van der Waals surface area contributed by atoms with Crippen LogP contribution in [-0.4, -0.2) is 13.9 Å². The van der Waals surface area contributed by atoms with Crippen LogP contribution < -0.4 is 0 Å². The average molecular weight is 360 g/mol. The molecule has 3 nitrogen and oxygen atoms in total. The van der Waals surface area contributed by atoms with Crippen molar-refractivity contribution in [3.8, 4) is 0 Å². The van der Waals surface area contributed by atoms with Crippen molar-refractivity contribution in [1.82, 2.24) is 0 Å². The van der Waals surface area contributed by atoms with Crippen molar-refractivity contribution in [3.05, 3.63) is 41.2 Å². The molecule has 0 saturated carbocycles. The predicted octanol–water partition coefficient (Wildman–Crippen LogP) is 4.47. The number of rotatable bonds is 3. The maximum Gasteiger partial charge on any atom is 0.534 e. The molecule has 0 atom stereocenters. The molecular formula is C13H10F6O3S. The lowest BCUT2D eigenvalue weighted by Crippen LogP contribution is -2.25. The van der Waals surface area contributed by atoms with Gasteiger partial charge in [0, 0.05) is 6.42 Å². The third-order valence-corrected chi connectivity index (χ3v) is 4.21. The molecule has 1 aromatic carbocycles. The molecule has 128 valence electrons. The molecule has 0 amide bonds. The van der Waals surface area contributed by atoms with Gasteiger partial charge < -0.3 is 4.18 Å². The largest absolute Gasteiger partial charge is 0.534 e. The van der Waals surface area contributed by atoms with Crippen LogP contribution in [0.15, 0.2) is 30.0 Å². The summed E-state index contributed by atoms with van der Waals surface area (Å²) in [5.41, 5.74) is -6.12. The van der Waals surface area contributed by atoms with E-state index in [2.05, 4.69) is 4.18 Å². The molecule has 1 aromatic rings. The molecule has 0 fully saturated rings. The quantitative estimate of drug-likeness (QED) is 0.454. The van der Waals surface area contributed by atoms with Crippen LogP contribution in [-0.2, 0) is 20.5 Å². The number of benzene rings is 1. The van der Waals surface area contributed by atoms with Gasteiger partial charge in [-0.1, -0.05) is 12.1 Å². The Morgan fingerprint density at radius 2 is 1.48 bits per heavy atom. The number of halogens is 6. The average Bonchev–Trinajstić information content (AvgIpc) is 2.84. The van der Waals surface area contributed by atoms with Gasteiger partial charge in [-0.3, -0.25) is 0 Å². The molecular weight excluding hydrogens is 350 g/mol. The van der Waals surface area contributed by atoms with E-state index in [1.165, 1.54) is 0 Å². The first kappa shape index (κ1) is 17.6. The highest BCUT2D eigenvalue weighted by Gasteiger charge is 2.49. The monoisotopic (exact) mass is 360 g/mol. The van der Waals surface area contributed by atoms with Crippen molar-refractivity contribution in [2.45, 2.75) is 30.9 Å². The first-order chi connectivity index (χ1) is 10.4. The van der Waals surface area contributed by atoms with Crippen molar-refractivity contribution in [2.24, 2.45) is 0 Å². The Bertz CT molecular complexity index is 714. The Morgan fingerprint density at radius 3 is 1.96 bits per heavy atom.